The van der Waals surface area contributed by atoms with Crippen LogP contribution in [0, 0.1) is 0 Å². The predicted octanol–water partition coefficient (Wildman–Crippen LogP) is 5.88. The molecule has 0 fully saturated rings. The van der Waals surface area contributed by atoms with E-state index < -0.39 is 0 Å². The van der Waals surface area contributed by atoms with Gasteiger partial charge in [0.2, 0.25) is 0 Å². The van der Waals surface area contributed by atoms with Gasteiger partial charge in [-0.05, 0) is 24.8 Å². The molecule has 0 aliphatic heterocycles. The first-order chi connectivity index (χ1) is 11.3. The maximum atomic E-state index is 9.91. The third-order valence-corrected chi connectivity index (χ3v) is 4.33. The van der Waals surface area contributed by atoms with E-state index in [1.807, 2.05) is 6.07 Å². The van der Waals surface area contributed by atoms with E-state index in [9.17, 15) is 5.11 Å². The Morgan fingerprint density at radius 1 is 0.826 bits per heavy atom. The highest BCUT2D eigenvalue weighted by Gasteiger charge is 2.03. The second-order valence-corrected chi connectivity index (χ2v) is 6.60. The Morgan fingerprint density at radius 3 is 2.13 bits per heavy atom. The van der Waals surface area contributed by atoms with Gasteiger partial charge >= 0.3 is 0 Å². The van der Waals surface area contributed by atoms with Gasteiger partial charge in [0.05, 0.1) is 12.7 Å². The number of hydrogen-bond donors (Lipinski definition) is 1. The summed E-state index contributed by atoms with van der Waals surface area (Å²) in [5.41, 5.74) is 1.25. The van der Waals surface area contributed by atoms with Gasteiger partial charge in [-0.2, -0.15) is 0 Å². The van der Waals surface area contributed by atoms with Crippen molar-refractivity contribution in [2.75, 3.05) is 6.61 Å². The first-order valence-electron chi connectivity index (χ1n) is 9.62. The fraction of sp³-hybridized carbons (Fsp3) is 0.714. The summed E-state index contributed by atoms with van der Waals surface area (Å²) < 4.78 is 5.69. The van der Waals surface area contributed by atoms with E-state index in [1.165, 1.54) is 56.9 Å². The van der Waals surface area contributed by atoms with Gasteiger partial charge in [0.25, 0.3) is 0 Å². The number of aliphatic hydroxyl groups is 1. The lowest BCUT2D eigenvalue weighted by Crippen LogP contribution is -2.05. The van der Waals surface area contributed by atoms with Gasteiger partial charge in [0.15, 0.2) is 0 Å². The Hall–Kier alpha value is -0.860. The molecule has 0 amide bonds. The van der Waals surface area contributed by atoms with Crippen LogP contribution in [0.3, 0.4) is 0 Å². The maximum Gasteiger partial charge on any atom is 0.0716 e. The van der Waals surface area contributed by atoms with Gasteiger partial charge in [-0.15, -0.1) is 0 Å². The fourth-order valence-electron chi connectivity index (χ4n) is 2.83. The molecule has 1 aromatic rings. The third kappa shape index (κ3) is 12.3. The van der Waals surface area contributed by atoms with Crippen LogP contribution < -0.4 is 0 Å². The minimum Gasteiger partial charge on any atom is -0.393 e. The molecule has 1 aromatic carbocycles. The van der Waals surface area contributed by atoms with Crippen LogP contribution in [0.2, 0.25) is 0 Å². The largest absolute Gasteiger partial charge is 0.393 e. The maximum absolute atomic E-state index is 9.91. The highest BCUT2D eigenvalue weighted by Crippen LogP contribution is 2.13. The van der Waals surface area contributed by atoms with Gasteiger partial charge in [0.1, 0.15) is 0 Å². The number of hydrogen-bond acceptors (Lipinski definition) is 2. The van der Waals surface area contributed by atoms with E-state index in [-0.39, 0.29) is 6.10 Å². The van der Waals surface area contributed by atoms with E-state index in [0.717, 1.165) is 32.5 Å². The summed E-state index contributed by atoms with van der Waals surface area (Å²) >= 11 is 0. The van der Waals surface area contributed by atoms with Crippen molar-refractivity contribution in [2.24, 2.45) is 0 Å². The molecule has 0 saturated carbocycles. The zero-order valence-corrected chi connectivity index (χ0v) is 15.0. The molecule has 0 heterocycles. The van der Waals surface area contributed by atoms with Crippen LogP contribution in [0.5, 0.6) is 0 Å². The topological polar surface area (TPSA) is 29.5 Å². The van der Waals surface area contributed by atoms with E-state index in [0.29, 0.717) is 0 Å². The standard InChI is InChI=1S/C21H36O2/c1-2-3-4-11-16-21(22)17-12-6-5-7-13-18-23-19-20-14-9-8-10-15-20/h8-10,14-15,21-22H,2-7,11-13,16-19H2,1H3. The number of ether oxygens (including phenoxy) is 1. The van der Waals surface area contributed by atoms with Crippen molar-refractivity contribution in [1.82, 2.24) is 0 Å². The third-order valence-electron chi connectivity index (χ3n) is 4.33. The summed E-state index contributed by atoms with van der Waals surface area (Å²) in [6.45, 7) is 3.81. The smallest absolute Gasteiger partial charge is 0.0716 e. The number of rotatable bonds is 15. The molecule has 1 N–H and O–H groups in total. The minimum absolute atomic E-state index is 0.0685. The second kappa shape index (κ2) is 14.7. The molecule has 23 heavy (non-hydrogen) atoms. The molecular formula is C21H36O2. The molecule has 1 unspecified atom stereocenters. The molecule has 1 rings (SSSR count). The van der Waals surface area contributed by atoms with Gasteiger partial charge in [-0.1, -0.05) is 88.6 Å². The van der Waals surface area contributed by atoms with Crippen LogP contribution in [0.4, 0.5) is 0 Å². The summed E-state index contributed by atoms with van der Waals surface area (Å²) in [5, 5.41) is 9.91. The van der Waals surface area contributed by atoms with Crippen LogP contribution in [0.15, 0.2) is 30.3 Å². The van der Waals surface area contributed by atoms with Crippen LogP contribution in [-0.4, -0.2) is 17.8 Å². The van der Waals surface area contributed by atoms with Crippen molar-refractivity contribution in [2.45, 2.75) is 90.3 Å². The first-order valence-corrected chi connectivity index (χ1v) is 9.62. The van der Waals surface area contributed by atoms with E-state index in [1.54, 1.807) is 0 Å². The Labute approximate surface area is 143 Å². The Bertz CT molecular complexity index is 350. The van der Waals surface area contributed by atoms with Gasteiger partial charge in [-0.3, -0.25) is 0 Å². The molecule has 0 aliphatic rings. The molecule has 0 radical (unpaired) electrons. The molecule has 132 valence electrons. The summed E-state index contributed by atoms with van der Waals surface area (Å²) in [6, 6.07) is 10.3. The van der Waals surface area contributed by atoms with Crippen molar-refractivity contribution in [1.29, 1.82) is 0 Å². The zero-order valence-electron chi connectivity index (χ0n) is 15.0. The lowest BCUT2D eigenvalue weighted by Gasteiger charge is -2.10. The molecule has 1 atom stereocenters. The lowest BCUT2D eigenvalue weighted by atomic mass is 10.0. The van der Waals surface area contributed by atoms with Crippen LogP contribution in [0.25, 0.3) is 0 Å². The van der Waals surface area contributed by atoms with Crippen LogP contribution in [-0.2, 0) is 11.3 Å². The molecule has 2 nitrogen and oxygen atoms in total. The normalized spacial score (nSPS) is 12.4. The molecule has 0 saturated heterocycles. The van der Waals surface area contributed by atoms with Crippen molar-refractivity contribution in [3.8, 4) is 0 Å². The molecular weight excluding hydrogens is 284 g/mol. The van der Waals surface area contributed by atoms with Crippen molar-refractivity contribution >= 4 is 0 Å². The molecule has 0 spiro atoms. The van der Waals surface area contributed by atoms with E-state index >= 15 is 0 Å². The average molecular weight is 321 g/mol. The molecule has 0 aromatic heterocycles. The Balaban J connectivity index is 1.81. The van der Waals surface area contributed by atoms with Crippen molar-refractivity contribution in [3.05, 3.63) is 35.9 Å². The molecule has 0 bridgehead atoms. The highest BCUT2D eigenvalue weighted by molar-refractivity contribution is 5.13. The second-order valence-electron chi connectivity index (χ2n) is 6.60. The monoisotopic (exact) mass is 320 g/mol. The van der Waals surface area contributed by atoms with Crippen molar-refractivity contribution < 1.29 is 9.84 Å². The SMILES string of the molecule is CCCCCCC(O)CCCCCCCOCc1ccccc1. The zero-order chi connectivity index (χ0) is 16.6. The van der Waals surface area contributed by atoms with Crippen molar-refractivity contribution in [3.63, 3.8) is 0 Å². The summed E-state index contributed by atoms with van der Waals surface area (Å²) in [7, 11) is 0. The van der Waals surface area contributed by atoms with Gasteiger partial charge in [-0.25, -0.2) is 0 Å². The minimum atomic E-state index is -0.0685. The highest BCUT2D eigenvalue weighted by atomic mass is 16.5. The predicted molar refractivity (Wildman–Crippen MR) is 98.6 cm³/mol. The first kappa shape index (κ1) is 20.2. The Morgan fingerprint density at radius 2 is 1.43 bits per heavy atom. The van der Waals surface area contributed by atoms with Crippen LogP contribution in [0.1, 0.15) is 83.1 Å². The summed E-state index contributed by atoms with van der Waals surface area (Å²) in [4.78, 5) is 0. The lowest BCUT2D eigenvalue weighted by molar-refractivity contribution is 0.116. The average Bonchev–Trinajstić information content (AvgIpc) is 2.58. The number of unbranched alkanes of at least 4 members (excludes halogenated alkanes) is 7. The van der Waals surface area contributed by atoms with E-state index in [4.69, 9.17) is 4.74 Å². The summed E-state index contributed by atoms with van der Waals surface area (Å²) in [6.07, 6.45) is 13.0. The number of benzene rings is 1. The summed E-state index contributed by atoms with van der Waals surface area (Å²) in [5.74, 6) is 0. The molecule has 0 aliphatic carbocycles. The van der Waals surface area contributed by atoms with Crippen LogP contribution >= 0.6 is 0 Å². The van der Waals surface area contributed by atoms with Gasteiger partial charge < -0.3 is 9.84 Å². The van der Waals surface area contributed by atoms with Gasteiger partial charge in [0, 0.05) is 6.61 Å². The fourth-order valence-corrected chi connectivity index (χ4v) is 2.83. The molecule has 2 heteroatoms. The van der Waals surface area contributed by atoms with E-state index in [2.05, 4.69) is 31.2 Å². The number of aliphatic hydroxyl groups excluding tert-OH is 1. The Kier molecular flexibility index (Phi) is 12.9. The quantitative estimate of drug-likeness (QED) is 0.409.